The van der Waals surface area contributed by atoms with E-state index in [1.165, 1.54) is 15.6 Å². The van der Waals surface area contributed by atoms with Crippen molar-refractivity contribution in [1.29, 1.82) is 0 Å². The second-order valence-electron chi connectivity index (χ2n) is 3.99. The summed E-state index contributed by atoms with van der Waals surface area (Å²) in [5.74, 6) is 0. The van der Waals surface area contributed by atoms with E-state index >= 15 is 0 Å². The summed E-state index contributed by atoms with van der Waals surface area (Å²) in [5.41, 5.74) is 1.53. The van der Waals surface area contributed by atoms with Gasteiger partial charge < -0.3 is 5.32 Å². The first-order valence-corrected chi connectivity index (χ1v) is 5.09. The van der Waals surface area contributed by atoms with Crippen LogP contribution in [0.5, 0.6) is 0 Å². The molecule has 66 valence electrons. The normalized spacial score (nSPS) is 20.6. The minimum absolute atomic E-state index is 0.221. The fourth-order valence-corrected chi connectivity index (χ4v) is 2.78. The van der Waals surface area contributed by atoms with E-state index in [4.69, 9.17) is 0 Å². The minimum Gasteiger partial charge on any atom is -0.311 e. The zero-order valence-electron chi connectivity index (χ0n) is 7.77. The van der Waals surface area contributed by atoms with Gasteiger partial charge in [0.15, 0.2) is 0 Å². The van der Waals surface area contributed by atoms with Crippen molar-refractivity contribution in [3.8, 4) is 0 Å². The lowest BCUT2D eigenvalue weighted by atomic mass is 9.86. The Kier molecular flexibility index (Phi) is 1.73. The van der Waals surface area contributed by atoms with Crippen LogP contribution >= 0.6 is 11.3 Å². The molecule has 0 atom stereocenters. The molecule has 12 heavy (non-hydrogen) atoms. The fraction of sp³-hybridized carbons (Fsp3) is 0.667. The van der Waals surface area contributed by atoms with Gasteiger partial charge in [-0.1, -0.05) is 13.8 Å². The van der Waals surface area contributed by atoms with Crippen molar-refractivity contribution >= 4 is 11.3 Å². The molecular weight excluding hydrogens is 168 g/mol. The smallest absolute Gasteiger partial charge is 0.0900 e. The first-order valence-electron chi connectivity index (χ1n) is 4.27. The van der Waals surface area contributed by atoms with Crippen LogP contribution in [0, 0.1) is 6.92 Å². The maximum absolute atomic E-state index is 4.58. The average molecular weight is 182 g/mol. The fourth-order valence-electron chi connectivity index (χ4n) is 1.69. The number of fused-ring (bicyclic) bond motifs is 1. The van der Waals surface area contributed by atoms with E-state index in [0.717, 1.165) is 13.1 Å². The molecule has 1 aromatic rings. The Morgan fingerprint density at radius 2 is 2.25 bits per heavy atom. The molecule has 0 aliphatic carbocycles. The standard InChI is InChI=1S/C9H14N2S/c1-6-11-8-7(12-6)4-10-5-9(8,2)3/h10H,4-5H2,1-3H3. The lowest BCUT2D eigenvalue weighted by Crippen LogP contribution is -2.38. The monoisotopic (exact) mass is 182 g/mol. The average Bonchev–Trinajstić information content (AvgIpc) is 2.30. The highest BCUT2D eigenvalue weighted by molar-refractivity contribution is 7.11. The second kappa shape index (κ2) is 2.54. The molecule has 1 aliphatic heterocycles. The van der Waals surface area contributed by atoms with Crippen LogP contribution in [0.3, 0.4) is 0 Å². The van der Waals surface area contributed by atoms with Gasteiger partial charge in [0.1, 0.15) is 0 Å². The van der Waals surface area contributed by atoms with Gasteiger partial charge in [-0.05, 0) is 6.92 Å². The van der Waals surface area contributed by atoms with Crippen LogP contribution in [0.1, 0.15) is 29.4 Å². The molecule has 2 heterocycles. The summed E-state index contributed by atoms with van der Waals surface area (Å²) in [6.07, 6.45) is 0. The molecule has 0 bridgehead atoms. The van der Waals surface area contributed by atoms with Gasteiger partial charge in [-0.3, -0.25) is 0 Å². The molecular formula is C9H14N2S. The molecule has 2 nitrogen and oxygen atoms in total. The molecule has 0 fully saturated rings. The number of nitrogens with zero attached hydrogens (tertiary/aromatic N) is 1. The molecule has 0 spiro atoms. The maximum atomic E-state index is 4.58. The molecule has 1 N–H and O–H groups in total. The molecule has 0 saturated carbocycles. The van der Waals surface area contributed by atoms with E-state index in [9.17, 15) is 0 Å². The summed E-state index contributed by atoms with van der Waals surface area (Å²) in [6.45, 7) is 8.63. The third kappa shape index (κ3) is 1.17. The molecule has 3 heteroatoms. The van der Waals surface area contributed by atoms with E-state index in [1.807, 2.05) is 11.3 Å². The van der Waals surface area contributed by atoms with Crippen LogP contribution in [0.15, 0.2) is 0 Å². The van der Waals surface area contributed by atoms with E-state index < -0.39 is 0 Å². The van der Waals surface area contributed by atoms with Crippen molar-refractivity contribution in [3.05, 3.63) is 15.6 Å². The van der Waals surface area contributed by atoms with Gasteiger partial charge in [0, 0.05) is 23.4 Å². The number of aryl methyl sites for hydroxylation is 1. The highest BCUT2D eigenvalue weighted by Crippen LogP contribution is 2.32. The Balaban J connectivity index is 2.51. The highest BCUT2D eigenvalue weighted by Gasteiger charge is 2.30. The van der Waals surface area contributed by atoms with Crippen LogP contribution in [0.25, 0.3) is 0 Å². The predicted molar refractivity (Wildman–Crippen MR) is 51.6 cm³/mol. The Bertz CT molecular complexity index is 301. The molecule has 0 radical (unpaired) electrons. The summed E-state index contributed by atoms with van der Waals surface area (Å²) in [7, 11) is 0. The summed E-state index contributed by atoms with van der Waals surface area (Å²) >= 11 is 1.82. The van der Waals surface area contributed by atoms with E-state index in [1.54, 1.807) is 0 Å². The number of nitrogens with one attached hydrogen (secondary N) is 1. The maximum Gasteiger partial charge on any atom is 0.0900 e. The highest BCUT2D eigenvalue weighted by atomic mass is 32.1. The van der Waals surface area contributed by atoms with Gasteiger partial charge in [0.25, 0.3) is 0 Å². The third-order valence-corrected chi connectivity index (χ3v) is 3.27. The third-order valence-electron chi connectivity index (χ3n) is 2.30. The zero-order valence-corrected chi connectivity index (χ0v) is 8.59. The quantitative estimate of drug-likeness (QED) is 0.662. The molecule has 1 aliphatic rings. The second-order valence-corrected chi connectivity index (χ2v) is 5.28. The number of rotatable bonds is 0. The summed E-state index contributed by atoms with van der Waals surface area (Å²) in [5, 5.41) is 4.61. The predicted octanol–water partition coefficient (Wildman–Crippen LogP) is 1.83. The lowest BCUT2D eigenvalue weighted by Gasteiger charge is -2.28. The summed E-state index contributed by atoms with van der Waals surface area (Å²) < 4.78 is 0. The molecule has 0 unspecified atom stereocenters. The minimum atomic E-state index is 0.221. The van der Waals surface area contributed by atoms with E-state index in [0.29, 0.717) is 0 Å². The Morgan fingerprint density at radius 1 is 1.50 bits per heavy atom. The SMILES string of the molecule is Cc1nc2c(s1)CNCC2(C)C. The first kappa shape index (κ1) is 8.20. The van der Waals surface area contributed by atoms with Crippen LogP contribution in [0.2, 0.25) is 0 Å². The summed E-state index contributed by atoms with van der Waals surface area (Å²) in [4.78, 5) is 6.00. The molecule has 2 rings (SSSR count). The van der Waals surface area contributed by atoms with Gasteiger partial charge in [0.2, 0.25) is 0 Å². The number of thiazole rings is 1. The van der Waals surface area contributed by atoms with Crippen LogP contribution in [-0.4, -0.2) is 11.5 Å². The van der Waals surface area contributed by atoms with Crippen LogP contribution in [-0.2, 0) is 12.0 Å². The Labute approximate surface area is 77.0 Å². The van der Waals surface area contributed by atoms with Gasteiger partial charge in [-0.2, -0.15) is 0 Å². The topological polar surface area (TPSA) is 24.9 Å². The van der Waals surface area contributed by atoms with Gasteiger partial charge in [-0.25, -0.2) is 4.98 Å². The number of aromatic nitrogens is 1. The Morgan fingerprint density at radius 3 is 2.92 bits per heavy atom. The largest absolute Gasteiger partial charge is 0.311 e. The number of hydrogen-bond acceptors (Lipinski definition) is 3. The summed E-state index contributed by atoms with van der Waals surface area (Å²) in [6, 6.07) is 0. The van der Waals surface area contributed by atoms with Crippen molar-refractivity contribution in [2.45, 2.75) is 32.7 Å². The lowest BCUT2D eigenvalue weighted by molar-refractivity contribution is 0.428. The van der Waals surface area contributed by atoms with E-state index in [-0.39, 0.29) is 5.41 Å². The van der Waals surface area contributed by atoms with Crippen LogP contribution < -0.4 is 5.32 Å². The number of hydrogen-bond donors (Lipinski definition) is 1. The molecule has 0 saturated heterocycles. The van der Waals surface area contributed by atoms with Crippen molar-refractivity contribution in [1.82, 2.24) is 10.3 Å². The van der Waals surface area contributed by atoms with Crippen LogP contribution in [0.4, 0.5) is 0 Å². The Hall–Kier alpha value is -0.410. The van der Waals surface area contributed by atoms with Gasteiger partial charge in [0.05, 0.1) is 10.7 Å². The van der Waals surface area contributed by atoms with Crippen molar-refractivity contribution in [2.24, 2.45) is 0 Å². The molecule has 0 aromatic carbocycles. The van der Waals surface area contributed by atoms with Gasteiger partial charge >= 0.3 is 0 Å². The molecule has 1 aromatic heterocycles. The zero-order chi connectivity index (χ0) is 8.77. The molecule has 0 amide bonds. The van der Waals surface area contributed by atoms with Crippen molar-refractivity contribution in [2.75, 3.05) is 6.54 Å². The van der Waals surface area contributed by atoms with E-state index in [2.05, 4.69) is 31.1 Å². The van der Waals surface area contributed by atoms with Gasteiger partial charge in [-0.15, -0.1) is 11.3 Å². The van der Waals surface area contributed by atoms with Crippen molar-refractivity contribution < 1.29 is 0 Å². The first-order chi connectivity index (χ1) is 5.59. The van der Waals surface area contributed by atoms with Crippen molar-refractivity contribution in [3.63, 3.8) is 0 Å².